The zero-order valence-electron chi connectivity index (χ0n) is 16.9. The summed E-state index contributed by atoms with van der Waals surface area (Å²) in [5.41, 5.74) is 2.33. The highest BCUT2D eigenvalue weighted by atomic mass is 32.2. The molecular formula is C21H27N3O4S. The largest absolute Gasteiger partial charge is 0.326 e. The molecule has 7 nitrogen and oxygen atoms in total. The molecule has 2 N–H and O–H groups in total. The molecule has 0 aliphatic rings. The Kier molecular flexibility index (Phi) is 7.92. The number of hydrogen-bond donors (Lipinski definition) is 2. The predicted octanol–water partition coefficient (Wildman–Crippen LogP) is 3.25. The summed E-state index contributed by atoms with van der Waals surface area (Å²) in [7, 11) is -2.48. The molecule has 2 rings (SSSR count). The van der Waals surface area contributed by atoms with Crippen LogP contribution in [0.2, 0.25) is 0 Å². The molecule has 156 valence electrons. The molecule has 0 spiro atoms. The van der Waals surface area contributed by atoms with E-state index in [2.05, 4.69) is 17.6 Å². The van der Waals surface area contributed by atoms with Gasteiger partial charge in [0.25, 0.3) is 0 Å². The monoisotopic (exact) mass is 417 g/mol. The second-order valence-electron chi connectivity index (χ2n) is 6.82. The van der Waals surface area contributed by atoms with Crippen LogP contribution in [0.25, 0.3) is 0 Å². The number of amides is 2. The van der Waals surface area contributed by atoms with Gasteiger partial charge in [-0.15, -0.1) is 0 Å². The molecule has 0 heterocycles. The molecule has 8 heteroatoms. The summed E-state index contributed by atoms with van der Waals surface area (Å²) in [5, 5.41) is 5.29. The van der Waals surface area contributed by atoms with Crippen molar-refractivity contribution < 1.29 is 18.0 Å². The van der Waals surface area contributed by atoms with Gasteiger partial charge in [0.2, 0.25) is 21.8 Å². The fourth-order valence-corrected chi connectivity index (χ4v) is 3.84. The lowest BCUT2D eigenvalue weighted by atomic mass is 10.1. The Morgan fingerprint density at radius 1 is 0.931 bits per heavy atom. The van der Waals surface area contributed by atoms with E-state index in [1.54, 1.807) is 0 Å². The lowest BCUT2D eigenvalue weighted by molar-refractivity contribution is -0.116. The minimum atomic E-state index is -3.83. The molecule has 2 amide bonds. The molecule has 2 aromatic rings. The van der Waals surface area contributed by atoms with E-state index in [0.717, 1.165) is 23.6 Å². The van der Waals surface area contributed by atoms with Crippen molar-refractivity contribution in [2.24, 2.45) is 0 Å². The van der Waals surface area contributed by atoms with Gasteiger partial charge in [-0.05, 0) is 54.8 Å². The van der Waals surface area contributed by atoms with Crippen molar-refractivity contribution in [3.05, 3.63) is 54.1 Å². The first kappa shape index (κ1) is 22.6. The van der Waals surface area contributed by atoms with Crippen molar-refractivity contribution in [2.45, 2.75) is 38.0 Å². The van der Waals surface area contributed by atoms with Gasteiger partial charge in [0, 0.05) is 25.3 Å². The third-order valence-electron chi connectivity index (χ3n) is 4.31. The highest BCUT2D eigenvalue weighted by Crippen LogP contribution is 2.18. The smallest absolute Gasteiger partial charge is 0.243 e. The maximum atomic E-state index is 12.7. The first-order valence-electron chi connectivity index (χ1n) is 9.45. The van der Waals surface area contributed by atoms with Gasteiger partial charge in [-0.2, -0.15) is 4.31 Å². The Hall–Kier alpha value is -2.71. The fraction of sp³-hybridized carbons (Fsp3) is 0.333. The molecule has 0 aromatic heterocycles. The number of nitrogens with one attached hydrogen (secondary N) is 2. The van der Waals surface area contributed by atoms with Gasteiger partial charge >= 0.3 is 0 Å². The summed E-state index contributed by atoms with van der Waals surface area (Å²) in [5.74, 6) is -0.667. The van der Waals surface area contributed by atoms with Gasteiger partial charge in [-0.25, -0.2) is 8.42 Å². The molecule has 0 fully saturated rings. The van der Waals surface area contributed by atoms with E-state index in [4.69, 9.17) is 0 Å². The minimum absolute atomic E-state index is 0.0437. The van der Waals surface area contributed by atoms with Crippen molar-refractivity contribution in [2.75, 3.05) is 24.2 Å². The van der Waals surface area contributed by atoms with Crippen LogP contribution in [0.5, 0.6) is 0 Å². The second-order valence-corrected chi connectivity index (χ2v) is 8.86. The van der Waals surface area contributed by atoms with Crippen molar-refractivity contribution >= 4 is 33.2 Å². The summed E-state index contributed by atoms with van der Waals surface area (Å²) in [6, 6.07) is 13.3. The number of benzene rings is 2. The Morgan fingerprint density at radius 3 is 2.03 bits per heavy atom. The normalized spacial score (nSPS) is 11.3. The van der Waals surface area contributed by atoms with Crippen LogP contribution in [0.15, 0.2) is 53.4 Å². The van der Waals surface area contributed by atoms with Crippen molar-refractivity contribution in [1.82, 2.24) is 4.31 Å². The SMILES string of the molecule is CCCCc1ccc(NC(=O)CN(C)S(=O)(=O)c2ccc(NC(C)=O)cc2)cc1. The summed E-state index contributed by atoms with van der Waals surface area (Å²) < 4.78 is 26.3. The molecule has 29 heavy (non-hydrogen) atoms. The number of anilines is 2. The predicted molar refractivity (Wildman–Crippen MR) is 114 cm³/mol. The molecule has 0 saturated heterocycles. The Balaban J connectivity index is 1.97. The van der Waals surface area contributed by atoms with Crippen molar-refractivity contribution in [3.63, 3.8) is 0 Å². The first-order valence-corrected chi connectivity index (χ1v) is 10.9. The zero-order chi connectivity index (χ0) is 21.4. The highest BCUT2D eigenvalue weighted by molar-refractivity contribution is 7.89. The van der Waals surface area contributed by atoms with Crippen molar-refractivity contribution in [1.29, 1.82) is 0 Å². The van der Waals surface area contributed by atoms with Crippen LogP contribution in [-0.2, 0) is 26.0 Å². The van der Waals surface area contributed by atoms with E-state index in [1.807, 2.05) is 24.3 Å². The summed E-state index contributed by atoms with van der Waals surface area (Å²) in [6.45, 7) is 3.19. The van der Waals surface area contributed by atoms with E-state index in [-0.39, 0.29) is 17.3 Å². The molecule has 0 radical (unpaired) electrons. The minimum Gasteiger partial charge on any atom is -0.326 e. The third kappa shape index (κ3) is 6.69. The summed E-state index contributed by atoms with van der Waals surface area (Å²) in [6.07, 6.45) is 3.22. The van der Waals surface area contributed by atoms with Crippen LogP contribution < -0.4 is 10.6 Å². The number of unbranched alkanes of at least 4 members (excludes halogenated alkanes) is 1. The van der Waals surface area contributed by atoms with Crippen LogP contribution in [0, 0.1) is 0 Å². The Bertz CT molecular complexity index is 939. The first-order chi connectivity index (χ1) is 13.7. The molecule has 0 unspecified atom stereocenters. The van der Waals surface area contributed by atoms with Gasteiger partial charge in [0.15, 0.2) is 0 Å². The average molecular weight is 418 g/mol. The van der Waals surface area contributed by atoms with E-state index in [0.29, 0.717) is 11.4 Å². The maximum absolute atomic E-state index is 12.7. The number of carbonyl (C=O) groups excluding carboxylic acids is 2. The molecule has 0 aliphatic carbocycles. The number of likely N-dealkylation sites (N-methyl/N-ethyl adjacent to an activating group) is 1. The lowest BCUT2D eigenvalue weighted by Crippen LogP contribution is -2.34. The molecule has 0 aliphatic heterocycles. The van der Waals surface area contributed by atoms with Crippen LogP contribution in [0.3, 0.4) is 0 Å². The topological polar surface area (TPSA) is 95.6 Å². The number of nitrogens with zero attached hydrogens (tertiary/aromatic N) is 1. The van der Waals surface area contributed by atoms with Crippen LogP contribution in [0.4, 0.5) is 11.4 Å². The van der Waals surface area contributed by atoms with Crippen LogP contribution in [0.1, 0.15) is 32.3 Å². The van der Waals surface area contributed by atoms with Gasteiger partial charge in [-0.1, -0.05) is 25.5 Å². The van der Waals surface area contributed by atoms with Crippen molar-refractivity contribution in [3.8, 4) is 0 Å². The molecule has 2 aromatic carbocycles. The van der Waals surface area contributed by atoms with Gasteiger partial charge in [-0.3, -0.25) is 9.59 Å². The van der Waals surface area contributed by atoms with Crippen LogP contribution >= 0.6 is 0 Å². The number of rotatable bonds is 9. The van der Waals surface area contributed by atoms with E-state index in [9.17, 15) is 18.0 Å². The highest BCUT2D eigenvalue weighted by Gasteiger charge is 2.23. The molecule has 0 saturated carbocycles. The standard InChI is InChI=1S/C21H27N3O4S/c1-4-5-6-17-7-9-19(10-8-17)23-21(26)15-24(3)29(27,28)20-13-11-18(12-14-20)22-16(2)25/h7-14H,4-6,15H2,1-3H3,(H,22,25)(H,23,26). The Morgan fingerprint density at radius 2 is 1.48 bits per heavy atom. The quantitative estimate of drug-likeness (QED) is 0.655. The van der Waals surface area contributed by atoms with Gasteiger partial charge < -0.3 is 10.6 Å². The lowest BCUT2D eigenvalue weighted by Gasteiger charge is -2.17. The molecular weight excluding hydrogens is 390 g/mol. The van der Waals surface area contributed by atoms with Gasteiger partial charge in [0.05, 0.1) is 11.4 Å². The summed E-state index contributed by atoms with van der Waals surface area (Å²) in [4.78, 5) is 23.4. The number of hydrogen-bond acceptors (Lipinski definition) is 4. The van der Waals surface area contributed by atoms with E-state index >= 15 is 0 Å². The molecule has 0 atom stereocenters. The van der Waals surface area contributed by atoms with Gasteiger partial charge in [0.1, 0.15) is 0 Å². The number of sulfonamides is 1. The summed E-state index contributed by atoms with van der Waals surface area (Å²) >= 11 is 0. The van der Waals surface area contributed by atoms with E-state index in [1.165, 1.54) is 43.8 Å². The average Bonchev–Trinajstić information content (AvgIpc) is 2.67. The zero-order valence-corrected chi connectivity index (χ0v) is 17.8. The maximum Gasteiger partial charge on any atom is 0.243 e. The number of aryl methyl sites for hydroxylation is 1. The number of carbonyl (C=O) groups is 2. The Labute approximate surface area is 172 Å². The fourth-order valence-electron chi connectivity index (χ4n) is 2.72. The van der Waals surface area contributed by atoms with Crippen LogP contribution in [-0.4, -0.2) is 38.1 Å². The third-order valence-corrected chi connectivity index (χ3v) is 6.12. The molecule has 0 bridgehead atoms. The second kappa shape index (κ2) is 10.2. The van der Waals surface area contributed by atoms with E-state index < -0.39 is 15.9 Å².